The fourth-order valence-electron chi connectivity index (χ4n) is 1.40. The Morgan fingerprint density at radius 3 is 2.67 bits per heavy atom. The Morgan fingerprint density at radius 1 is 1.53 bits per heavy atom. The second-order valence-electron chi connectivity index (χ2n) is 3.51. The second kappa shape index (κ2) is 4.89. The number of rotatable bonds is 4. The summed E-state index contributed by atoms with van der Waals surface area (Å²) < 4.78 is 13.4. The van der Waals surface area contributed by atoms with Crippen molar-refractivity contribution in [2.24, 2.45) is 0 Å². The topological polar surface area (TPSA) is 40.5 Å². The maximum Gasteiger partial charge on any atom is 0.317 e. The third-order valence-corrected chi connectivity index (χ3v) is 2.40. The first-order chi connectivity index (χ1) is 7.02. The number of carbonyl (C=O) groups is 1. The van der Waals surface area contributed by atoms with Crippen LogP contribution in [0.15, 0.2) is 24.3 Å². The van der Waals surface area contributed by atoms with E-state index in [0.29, 0.717) is 5.56 Å². The molecule has 1 unspecified atom stereocenters. The van der Waals surface area contributed by atoms with Crippen LogP contribution >= 0.6 is 0 Å². The summed E-state index contributed by atoms with van der Waals surface area (Å²) in [6.45, 7) is 1.68. The van der Waals surface area contributed by atoms with Crippen molar-refractivity contribution in [1.82, 2.24) is 4.90 Å². The van der Waals surface area contributed by atoms with Crippen molar-refractivity contribution >= 4 is 5.97 Å². The summed E-state index contributed by atoms with van der Waals surface area (Å²) in [5.74, 6) is -1.22. The van der Waals surface area contributed by atoms with E-state index >= 15 is 0 Å². The van der Waals surface area contributed by atoms with E-state index in [1.54, 1.807) is 37.1 Å². The summed E-state index contributed by atoms with van der Waals surface area (Å²) in [6, 6.07) is 6.15. The maximum atomic E-state index is 13.4. The minimum atomic E-state index is -0.916. The molecule has 1 rings (SSSR count). The minimum absolute atomic E-state index is 0.102. The fraction of sp³-hybridized carbons (Fsp3) is 0.364. The molecule has 0 heterocycles. The first kappa shape index (κ1) is 11.7. The Hall–Kier alpha value is -1.42. The summed E-state index contributed by atoms with van der Waals surface area (Å²) in [4.78, 5) is 12.1. The standard InChI is InChI=1S/C11H14FNO2/c1-8(13(2)7-11(14)15)9-5-3-4-6-10(9)12/h3-6,8H,7H2,1-2H3,(H,14,15). The molecule has 82 valence electrons. The van der Waals surface area contributed by atoms with Gasteiger partial charge in [0.15, 0.2) is 0 Å². The van der Waals surface area contributed by atoms with E-state index < -0.39 is 5.97 Å². The highest BCUT2D eigenvalue weighted by Crippen LogP contribution is 2.20. The third-order valence-electron chi connectivity index (χ3n) is 2.40. The molecule has 0 fully saturated rings. The Bertz CT molecular complexity index is 354. The normalized spacial score (nSPS) is 12.8. The van der Waals surface area contributed by atoms with Gasteiger partial charge in [-0.25, -0.2) is 4.39 Å². The first-order valence-electron chi connectivity index (χ1n) is 4.69. The third kappa shape index (κ3) is 3.02. The lowest BCUT2D eigenvalue weighted by molar-refractivity contribution is -0.138. The number of benzene rings is 1. The van der Waals surface area contributed by atoms with E-state index in [9.17, 15) is 9.18 Å². The zero-order chi connectivity index (χ0) is 11.4. The lowest BCUT2D eigenvalue weighted by Gasteiger charge is -2.23. The van der Waals surface area contributed by atoms with Crippen LogP contribution in [0.1, 0.15) is 18.5 Å². The molecule has 0 aromatic heterocycles. The van der Waals surface area contributed by atoms with Gasteiger partial charge >= 0.3 is 5.97 Å². The predicted molar refractivity (Wildman–Crippen MR) is 55.1 cm³/mol. The molecule has 1 aromatic carbocycles. The average molecular weight is 211 g/mol. The number of nitrogens with zero attached hydrogens (tertiary/aromatic N) is 1. The summed E-state index contributed by atoms with van der Waals surface area (Å²) in [5.41, 5.74) is 0.515. The molecular formula is C11H14FNO2. The molecule has 0 radical (unpaired) electrons. The van der Waals surface area contributed by atoms with Crippen LogP contribution in [0, 0.1) is 5.82 Å². The molecule has 1 atom stereocenters. The molecule has 1 aromatic rings. The molecule has 0 aliphatic rings. The van der Waals surface area contributed by atoms with Gasteiger partial charge in [0.2, 0.25) is 0 Å². The molecule has 0 amide bonds. The average Bonchev–Trinajstić information content (AvgIpc) is 2.16. The summed E-state index contributed by atoms with van der Waals surface area (Å²) in [7, 11) is 1.66. The second-order valence-corrected chi connectivity index (χ2v) is 3.51. The van der Waals surface area contributed by atoms with Gasteiger partial charge in [0, 0.05) is 11.6 Å². The highest BCUT2D eigenvalue weighted by atomic mass is 19.1. The molecule has 0 saturated heterocycles. The molecule has 0 aliphatic carbocycles. The SMILES string of the molecule is CC(c1ccccc1F)N(C)CC(=O)O. The van der Waals surface area contributed by atoms with E-state index in [0.717, 1.165) is 0 Å². The number of carboxylic acid groups (broad SMARTS) is 1. The number of likely N-dealkylation sites (N-methyl/N-ethyl adjacent to an activating group) is 1. The summed E-state index contributed by atoms with van der Waals surface area (Å²) >= 11 is 0. The molecule has 4 heteroatoms. The molecule has 0 aliphatic heterocycles. The van der Waals surface area contributed by atoms with Crippen molar-refractivity contribution in [3.05, 3.63) is 35.6 Å². The highest BCUT2D eigenvalue weighted by molar-refractivity contribution is 5.69. The van der Waals surface area contributed by atoms with E-state index in [4.69, 9.17) is 5.11 Å². The van der Waals surface area contributed by atoms with Gasteiger partial charge in [0.05, 0.1) is 6.54 Å². The summed E-state index contributed by atoms with van der Waals surface area (Å²) in [6.07, 6.45) is 0. The van der Waals surface area contributed by atoms with Gasteiger partial charge in [0.1, 0.15) is 5.82 Å². The molecule has 15 heavy (non-hydrogen) atoms. The summed E-state index contributed by atoms with van der Waals surface area (Å²) in [5, 5.41) is 8.61. The predicted octanol–water partition coefficient (Wildman–Crippen LogP) is 1.90. The lowest BCUT2D eigenvalue weighted by Crippen LogP contribution is -2.28. The van der Waals surface area contributed by atoms with Crippen LogP contribution < -0.4 is 0 Å². The number of carboxylic acids is 1. The fourth-order valence-corrected chi connectivity index (χ4v) is 1.40. The lowest BCUT2D eigenvalue weighted by atomic mass is 10.1. The van der Waals surface area contributed by atoms with Crippen molar-refractivity contribution in [2.45, 2.75) is 13.0 Å². The van der Waals surface area contributed by atoms with Crippen molar-refractivity contribution < 1.29 is 14.3 Å². The molecule has 0 spiro atoms. The van der Waals surface area contributed by atoms with Gasteiger partial charge in [-0.15, -0.1) is 0 Å². The molecular weight excluding hydrogens is 197 g/mol. The van der Waals surface area contributed by atoms with Crippen LogP contribution in [-0.4, -0.2) is 29.6 Å². The van der Waals surface area contributed by atoms with Crippen LogP contribution in [-0.2, 0) is 4.79 Å². The number of halogens is 1. The minimum Gasteiger partial charge on any atom is -0.480 e. The van der Waals surface area contributed by atoms with Gasteiger partial charge in [0.25, 0.3) is 0 Å². The van der Waals surface area contributed by atoms with Gasteiger partial charge in [-0.05, 0) is 20.0 Å². The smallest absolute Gasteiger partial charge is 0.317 e. The first-order valence-corrected chi connectivity index (χ1v) is 4.69. The van der Waals surface area contributed by atoms with Crippen LogP contribution in [0.3, 0.4) is 0 Å². The maximum absolute atomic E-state index is 13.4. The van der Waals surface area contributed by atoms with Gasteiger partial charge in [-0.2, -0.15) is 0 Å². The quantitative estimate of drug-likeness (QED) is 0.827. The van der Waals surface area contributed by atoms with Crippen LogP contribution in [0.2, 0.25) is 0 Å². The molecule has 0 bridgehead atoms. The number of hydrogen-bond acceptors (Lipinski definition) is 2. The zero-order valence-electron chi connectivity index (χ0n) is 8.77. The number of aliphatic carboxylic acids is 1. The van der Waals surface area contributed by atoms with Crippen molar-refractivity contribution in [3.63, 3.8) is 0 Å². The van der Waals surface area contributed by atoms with Crippen LogP contribution in [0.5, 0.6) is 0 Å². The van der Waals surface area contributed by atoms with Crippen LogP contribution in [0.25, 0.3) is 0 Å². The van der Waals surface area contributed by atoms with E-state index in [-0.39, 0.29) is 18.4 Å². The number of hydrogen-bond donors (Lipinski definition) is 1. The Kier molecular flexibility index (Phi) is 3.80. The van der Waals surface area contributed by atoms with Crippen molar-refractivity contribution in [3.8, 4) is 0 Å². The van der Waals surface area contributed by atoms with Crippen molar-refractivity contribution in [1.29, 1.82) is 0 Å². The highest BCUT2D eigenvalue weighted by Gasteiger charge is 2.16. The zero-order valence-corrected chi connectivity index (χ0v) is 8.77. The van der Waals surface area contributed by atoms with Gasteiger partial charge < -0.3 is 5.11 Å². The molecule has 1 N–H and O–H groups in total. The van der Waals surface area contributed by atoms with Crippen LogP contribution in [0.4, 0.5) is 4.39 Å². The molecule has 0 saturated carbocycles. The Labute approximate surface area is 88.1 Å². The largest absolute Gasteiger partial charge is 0.480 e. The van der Waals surface area contributed by atoms with E-state index in [1.165, 1.54) is 6.07 Å². The van der Waals surface area contributed by atoms with Crippen molar-refractivity contribution in [2.75, 3.05) is 13.6 Å². The van der Waals surface area contributed by atoms with E-state index in [2.05, 4.69) is 0 Å². The molecule has 3 nitrogen and oxygen atoms in total. The van der Waals surface area contributed by atoms with E-state index in [1.807, 2.05) is 0 Å². The monoisotopic (exact) mass is 211 g/mol. The Balaban J connectivity index is 2.80. The van der Waals surface area contributed by atoms with Gasteiger partial charge in [-0.1, -0.05) is 18.2 Å². The van der Waals surface area contributed by atoms with Gasteiger partial charge in [-0.3, -0.25) is 9.69 Å². The Morgan fingerprint density at radius 2 is 2.13 bits per heavy atom.